The van der Waals surface area contributed by atoms with Gasteiger partial charge in [0.15, 0.2) is 0 Å². The molecule has 0 saturated heterocycles. The molecule has 0 aliphatic carbocycles. The van der Waals surface area contributed by atoms with Crippen molar-refractivity contribution in [2.24, 2.45) is 11.7 Å². The second-order valence-electron chi connectivity index (χ2n) is 6.54. The van der Waals surface area contributed by atoms with E-state index in [1.165, 1.54) is 12.1 Å². The average molecular weight is 394 g/mol. The third kappa shape index (κ3) is 7.62. The van der Waals surface area contributed by atoms with Crippen LogP contribution in [0.5, 0.6) is 5.75 Å². The van der Waals surface area contributed by atoms with Crippen LogP contribution in [-0.2, 0) is 25.6 Å². The van der Waals surface area contributed by atoms with Gasteiger partial charge in [0.05, 0.1) is 13.1 Å². The normalized spacial score (nSPS) is 12.7. The van der Waals surface area contributed by atoms with E-state index in [1.54, 1.807) is 26.0 Å². The first kappa shape index (κ1) is 22.9. The van der Waals surface area contributed by atoms with Crippen molar-refractivity contribution in [3.8, 4) is 5.75 Å². The number of benzene rings is 1. The Morgan fingerprint density at radius 3 is 2.14 bits per heavy atom. The average Bonchev–Trinajstić information content (AvgIpc) is 2.64. The Morgan fingerprint density at radius 1 is 1.04 bits per heavy atom. The van der Waals surface area contributed by atoms with Gasteiger partial charge in [-0.3, -0.25) is 14.4 Å². The number of aromatic hydroxyl groups is 1. The molecule has 0 saturated carbocycles. The van der Waals surface area contributed by atoms with Gasteiger partial charge in [-0.1, -0.05) is 26.0 Å². The lowest BCUT2D eigenvalue weighted by Gasteiger charge is -2.21. The summed E-state index contributed by atoms with van der Waals surface area (Å²) in [7, 11) is 0. The fraction of sp³-hybridized carbons (Fsp3) is 0.444. The van der Waals surface area contributed by atoms with Crippen LogP contribution < -0.4 is 21.7 Å². The van der Waals surface area contributed by atoms with Gasteiger partial charge >= 0.3 is 5.97 Å². The molecular formula is C18H26N4O6. The van der Waals surface area contributed by atoms with E-state index in [9.17, 15) is 29.4 Å². The molecule has 2 unspecified atom stereocenters. The maximum atomic E-state index is 12.2. The van der Waals surface area contributed by atoms with E-state index in [0.29, 0.717) is 5.56 Å². The molecular weight excluding hydrogens is 368 g/mol. The topological polar surface area (TPSA) is 171 Å². The number of rotatable bonds is 10. The van der Waals surface area contributed by atoms with Crippen LogP contribution in [0.25, 0.3) is 0 Å². The van der Waals surface area contributed by atoms with Crippen LogP contribution in [-0.4, -0.2) is 59.1 Å². The van der Waals surface area contributed by atoms with Gasteiger partial charge in [0.25, 0.3) is 0 Å². The minimum absolute atomic E-state index is 0.0104. The first-order valence-corrected chi connectivity index (χ1v) is 8.71. The first-order chi connectivity index (χ1) is 13.1. The minimum atomic E-state index is -1.23. The molecule has 1 rings (SSSR count). The van der Waals surface area contributed by atoms with Crippen molar-refractivity contribution in [1.29, 1.82) is 0 Å². The summed E-state index contributed by atoms with van der Waals surface area (Å²) in [6.45, 7) is 2.73. The largest absolute Gasteiger partial charge is 0.508 e. The number of phenolic OH excluding ortho intramolecular Hbond substituents is 1. The number of amides is 3. The molecule has 0 aromatic heterocycles. The van der Waals surface area contributed by atoms with E-state index in [4.69, 9.17) is 5.73 Å². The van der Waals surface area contributed by atoms with Crippen LogP contribution in [0.1, 0.15) is 19.4 Å². The lowest BCUT2D eigenvalue weighted by Crippen LogP contribution is -2.53. The molecule has 1 aromatic carbocycles. The van der Waals surface area contributed by atoms with Crippen molar-refractivity contribution in [3.05, 3.63) is 29.8 Å². The number of carboxylic acids is 1. The second-order valence-corrected chi connectivity index (χ2v) is 6.54. The molecule has 0 aliphatic heterocycles. The number of hydrogen-bond donors (Lipinski definition) is 6. The third-order valence-corrected chi connectivity index (χ3v) is 3.88. The number of nitrogens with one attached hydrogen (secondary N) is 3. The zero-order chi connectivity index (χ0) is 21.3. The van der Waals surface area contributed by atoms with Crippen molar-refractivity contribution in [1.82, 2.24) is 16.0 Å². The van der Waals surface area contributed by atoms with Crippen LogP contribution in [0, 0.1) is 5.92 Å². The molecule has 0 heterocycles. The zero-order valence-electron chi connectivity index (χ0n) is 15.8. The Labute approximate surface area is 162 Å². The van der Waals surface area contributed by atoms with Gasteiger partial charge in [-0.15, -0.1) is 0 Å². The third-order valence-electron chi connectivity index (χ3n) is 3.88. The molecule has 2 atom stereocenters. The molecule has 0 aliphatic rings. The van der Waals surface area contributed by atoms with Gasteiger partial charge in [-0.2, -0.15) is 0 Å². The summed E-state index contributed by atoms with van der Waals surface area (Å²) in [4.78, 5) is 47.0. The van der Waals surface area contributed by atoms with Gasteiger partial charge in [-0.05, 0) is 23.6 Å². The Bertz CT molecular complexity index is 705. The van der Waals surface area contributed by atoms with E-state index < -0.39 is 42.3 Å². The predicted octanol–water partition coefficient (Wildman–Crippen LogP) is -1.28. The number of hydrogen-bond acceptors (Lipinski definition) is 6. The first-order valence-electron chi connectivity index (χ1n) is 8.71. The summed E-state index contributed by atoms with van der Waals surface area (Å²) in [5.41, 5.74) is 5.83. The highest BCUT2D eigenvalue weighted by atomic mass is 16.4. The van der Waals surface area contributed by atoms with Gasteiger partial charge < -0.3 is 31.9 Å². The summed E-state index contributed by atoms with van der Waals surface area (Å²) >= 11 is 0. The molecule has 154 valence electrons. The van der Waals surface area contributed by atoms with Crippen LogP contribution in [0.15, 0.2) is 24.3 Å². The maximum absolute atomic E-state index is 12.2. The highest BCUT2D eigenvalue weighted by Crippen LogP contribution is 2.11. The molecule has 7 N–H and O–H groups in total. The van der Waals surface area contributed by atoms with Crippen molar-refractivity contribution in [2.45, 2.75) is 32.4 Å². The van der Waals surface area contributed by atoms with Gasteiger partial charge in [0, 0.05) is 6.42 Å². The summed E-state index contributed by atoms with van der Waals surface area (Å²) in [5.74, 6) is -3.19. The smallest absolute Gasteiger partial charge is 0.326 e. The fourth-order valence-electron chi connectivity index (χ4n) is 2.36. The van der Waals surface area contributed by atoms with Crippen LogP contribution >= 0.6 is 0 Å². The summed E-state index contributed by atoms with van der Waals surface area (Å²) in [6, 6.07) is 3.86. The molecule has 10 heteroatoms. The zero-order valence-corrected chi connectivity index (χ0v) is 15.8. The lowest BCUT2D eigenvalue weighted by atomic mass is 10.0. The quantitative estimate of drug-likeness (QED) is 0.287. The number of nitrogens with two attached hydrogens (primary N) is 1. The standard InChI is InChI=1S/C18H26N4O6/c1-10(2)16(22-14(24)8-19)17(26)20-9-15(25)21-13(18(27)28)7-11-3-5-12(23)6-4-11/h3-6,10,13,16,23H,7-9,19H2,1-2H3,(H,20,26)(H,21,25)(H,22,24)(H,27,28). The molecule has 28 heavy (non-hydrogen) atoms. The number of carbonyl (C=O) groups is 4. The summed E-state index contributed by atoms with van der Waals surface area (Å²) < 4.78 is 0. The highest BCUT2D eigenvalue weighted by molar-refractivity contribution is 5.92. The van der Waals surface area contributed by atoms with Crippen LogP contribution in [0.2, 0.25) is 0 Å². The predicted molar refractivity (Wildman–Crippen MR) is 100 cm³/mol. The molecule has 0 bridgehead atoms. The van der Waals surface area contributed by atoms with Gasteiger partial charge in [0.1, 0.15) is 17.8 Å². The minimum Gasteiger partial charge on any atom is -0.508 e. The highest BCUT2D eigenvalue weighted by Gasteiger charge is 2.25. The Kier molecular flexibility index (Phi) is 8.89. The molecule has 0 fully saturated rings. The number of carboxylic acid groups (broad SMARTS) is 1. The number of phenols is 1. The summed E-state index contributed by atoms with van der Waals surface area (Å²) in [6.07, 6.45) is 0.0104. The van der Waals surface area contributed by atoms with Gasteiger partial charge in [-0.25, -0.2) is 4.79 Å². The molecule has 0 spiro atoms. The Balaban J connectivity index is 2.61. The Morgan fingerprint density at radius 2 is 1.64 bits per heavy atom. The van der Waals surface area contributed by atoms with E-state index in [2.05, 4.69) is 16.0 Å². The molecule has 0 radical (unpaired) electrons. The van der Waals surface area contributed by atoms with Gasteiger partial charge in [0.2, 0.25) is 17.7 Å². The maximum Gasteiger partial charge on any atom is 0.326 e. The van der Waals surface area contributed by atoms with E-state index in [1.807, 2.05) is 0 Å². The van der Waals surface area contributed by atoms with E-state index in [-0.39, 0.29) is 24.6 Å². The van der Waals surface area contributed by atoms with E-state index in [0.717, 1.165) is 0 Å². The second kappa shape index (κ2) is 10.9. The molecule has 1 aromatic rings. The van der Waals surface area contributed by atoms with E-state index >= 15 is 0 Å². The SMILES string of the molecule is CC(C)C(NC(=O)CN)C(=O)NCC(=O)NC(Cc1ccc(O)cc1)C(=O)O. The Hall–Kier alpha value is -3.14. The molecule has 10 nitrogen and oxygen atoms in total. The van der Waals surface area contributed by atoms with Crippen molar-refractivity contribution >= 4 is 23.7 Å². The van der Waals surface area contributed by atoms with Crippen LogP contribution in [0.4, 0.5) is 0 Å². The van der Waals surface area contributed by atoms with Crippen molar-refractivity contribution in [3.63, 3.8) is 0 Å². The lowest BCUT2D eigenvalue weighted by molar-refractivity contribution is -0.141. The fourth-order valence-corrected chi connectivity index (χ4v) is 2.36. The number of aliphatic carboxylic acids is 1. The monoisotopic (exact) mass is 394 g/mol. The van der Waals surface area contributed by atoms with Crippen LogP contribution in [0.3, 0.4) is 0 Å². The van der Waals surface area contributed by atoms with Crippen molar-refractivity contribution < 1.29 is 29.4 Å². The number of carbonyl (C=O) groups excluding carboxylic acids is 3. The summed E-state index contributed by atoms with van der Waals surface area (Å²) in [5, 5.41) is 25.7. The van der Waals surface area contributed by atoms with Crippen molar-refractivity contribution in [2.75, 3.05) is 13.1 Å². The molecule has 3 amide bonds.